The molecule has 4 heterocycles. The molecule has 0 saturated carbocycles. The molecule has 0 spiro atoms. The van der Waals surface area contributed by atoms with Crippen LogP contribution in [-0.4, -0.2) is 207 Å². The smallest absolute Gasteiger partial charge is 0.266 e. The molecule has 26 nitrogen and oxygen atoms in total. The van der Waals surface area contributed by atoms with Gasteiger partial charge in [-0.1, -0.05) is 50.2 Å². The number of nitrogens with one attached hydrogen (secondary N) is 5. The molecular weight excluding hydrogens is 999 g/mol. The number of hydrogen-bond acceptors (Lipinski definition) is 20. The Hall–Kier alpha value is -5.27. The first-order valence-corrected chi connectivity index (χ1v) is 25.7. The Balaban J connectivity index is 1.32. The third-order valence-corrected chi connectivity index (χ3v) is 13.9. The zero-order chi connectivity index (χ0) is 54.2. The molecule has 0 bridgehead atoms. The Morgan fingerprint density at radius 2 is 1.42 bits per heavy atom. The Morgan fingerprint density at radius 1 is 0.770 bits per heavy atom. The largest absolute Gasteiger partial charge is 0.504 e. The maximum atomic E-state index is 14.8. The molecule has 0 aromatic heterocycles. The number of phenolic OH excluding ortho intramolecular Hbond substituents is 1. The maximum absolute atomic E-state index is 14.8. The number of aliphatic hydroxyl groups is 6. The Kier molecular flexibility index (Phi) is 20.0. The lowest BCUT2D eigenvalue weighted by Crippen LogP contribution is -2.64. The normalized spacial score (nSPS) is 31.7. The number of ether oxygens (including phenoxy) is 2. The Labute approximate surface area is 428 Å². The maximum Gasteiger partial charge on any atom is 0.266 e. The van der Waals surface area contributed by atoms with Gasteiger partial charge in [-0.2, -0.15) is 0 Å². The standard InChI is InChI=1S/C47H69N7O19S/c1-23-13-29(56)18-49-44(65)39-40(61)24(2)19-54(39)46(67)38(33(59)11-12-48-17-27-21-71-47(72-22-27)28-7-5-4-6-8-28)52-43(64)37(34(60)14-26-9-10-32(58)35(15-26)73-74(68,69)70)51-42(63)31-16-30(57)20-53(31)45(66)36(25(3)55)50-41(23)62/h4-10,15,23-25,27,29-31,33-34,36-40,47-48,55-61,68-70H,11-14,16-22H2,1-3H3,(H,49,65)(H,50,62)(H,51,63)(H,52,64)/t23?,24-,25+,27?,29+,30+,31-,33+,34+,36-,37-,38-,39-,40-,47?/m0/s1. The molecule has 2 aromatic carbocycles. The summed E-state index contributed by atoms with van der Waals surface area (Å²) < 4.78 is 45.0. The third-order valence-electron chi connectivity index (χ3n) is 13.4. The molecule has 412 valence electrons. The fourth-order valence-electron chi connectivity index (χ4n) is 9.39. The molecular formula is C47H69N7O19S. The number of fused-ring (bicyclic) bond motifs is 2. The Bertz CT molecular complexity index is 2270. The molecule has 2 aromatic rings. The number of carbonyl (C=O) groups excluding carboxylic acids is 6. The van der Waals surface area contributed by atoms with Gasteiger partial charge >= 0.3 is 0 Å². The van der Waals surface area contributed by atoms with E-state index in [0.29, 0.717) is 19.8 Å². The van der Waals surface area contributed by atoms with Crippen molar-refractivity contribution in [1.82, 2.24) is 36.4 Å². The number of aliphatic hydroxyl groups excluding tert-OH is 6. The molecule has 0 aliphatic carbocycles. The lowest BCUT2D eigenvalue weighted by atomic mass is 9.98. The van der Waals surface area contributed by atoms with E-state index in [4.69, 9.17) is 9.47 Å². The third kappa shape index (κ3) is 15.0. The number of hydrogen-bond donors (Lipinski definition) is 15. The fraction of sp³-hybridized carbons (Fsp3) is 0.617. The molecule has 15 N–H and O–H groups in total. The zero-order valence-electron chi connectivity index (χ0n) is 41.0. The van der Waals surface area contributed by atoms with Crippen molar-refractivity contribution in [2.75, 3.05) is 45.9 Å². The molecule has 74 heavy (non-hydrogen) atoms. The lowest BCUT2D eigenvalue weighted by Gasteiger charge is -2.34. The summed E-state index contributed by atoms with van der Waals surface area (Å²) in [6.45, 7) is 3.91. The van der Waals surface area contributed by atoms with E-state index in [1.54, 1.807) is 6.92 Å². The van der Waals surface area contributed by atoms with Crippen LogP contribution < -0.4 is 30.8 Å². The summed E-state index contributed by atoms with van der Waals surface area (Å²) in [7, 11) is 0. The van der Waals surface area contributed by atoms with Crippen molar-refractivity contribution in [3.63, 3.8) is 0 Å². The number of benzene rings is 2. The van der Waals surface area contributed by atoms with E-state index in [2.05, 4.69) is 30.8 Å². The van der Waals surface area contributed by atoms with Gasteiger partial charge in [0.2, 0.25) is 35.4 Å². The van der Waals surface area contributed by atoms with Crippen LogP contribution in [-0.2, 0) is 44.7 Å². The average molecular weight is 1070 g/mol. The van der Waals surface area contributed by atoms with Crippen molar-refractivity contribution < 1.29 is 91.8 Å². The molecule has 1 unspecified atom stereocenters. The first-order valence-electron chi connectivity index (χ1n) is 24.3. The number of carbonyl (C=O) groups is 6. The fourth-order valence-corrected chi connectivity index (χ4v) is 9.76. The van der Waals surface area contributed by atoms with Gasteiger partial charge in [0, 0.05) is 62.3 Å². The second-order valence-electron chi connectivity index (χ2n) is 19.5. The van der Waals surface area contributed by atoms with Crippen LogP contribution in [0, 0.1) is 17.8 Å². The van der Waals surface area contributed by atoms with Crippen LogP contribution >= 0.6 is 11.2 Å². The number of amides is 6. The SMILES string of the molecule is CC1C[C@@H](O)CNC(=O)[C@@H]2[C@@H](O)[C@@H](C)CN2C(=O)[C@H]([C@H](O)CCNCC2COC(c3ccccc3)OC2)NC(=O)[C@H]([C@H](O)Cc2ccc(O)c(OS(O)(O)O)c2)NC(=O)[C@@H]2C[C@@H](O)CN2C(=O)[C@H]([C@@H](C)O)NC1=O. The van der Waals surface area contributed by atoms with Gasteiger partial charge in [-0.05, 0) is 44.0 Å². The highest BCUT2D eigenvalue weighted by atomic mass is 32.3. The van der Waals surface area contributed by atoms with Gasteiger partial charge in [0.05, 0.1) is 49.8 Å². The summed E-state index contributed by atoms with van der Waals surface area (Å²) in [6.07, 6.45) is -11.8. The van der Waals surface area contributed by atoms with E-state index >= 15 is 0 Å². The summed E-state index contributed by atoms with van der Waals surface area (Å²) >= 11 is -4.68. The molecule has 13 atom stereocenters. The minimum Gasteiger partial charge on any atom is -0.504 e. The van der Waals surface area contributed by atoms with Crippen molar-refractivity contribution in [2.24, 2.45) is 17.8 Å². The first kappa shape index (κ1) is 58.0. The minimum absolute atomic E-state index is 0.00158. The predicted molar refractivity (Wildman–Crippen MR) is 259 cm³/mol. The summed E-state index contributed by atoms with van der Waals surface area (Å²) in [5.74, 6) is -9.60. The van der Waals surface area contributed by atoms with Gasteiger partial charge in [-0.25, -0.2) is 0 Å². The van der Waals surface area contributed by atoms with E-state index < -0.39 is 169 Å². The molecule has 4 aliphatic rings. The van der Waals surface area contributed by atoms with Crippen molar-refractivity contribution >= 4 is 46.6 Å². The Morgan fingerprint density at radius 3 is 2.08 bits per heavy atom. The van der Waals surface area contributed by atoms with Gasteiger partial charge in [0.25, 0.3) is 11.2 Å². The van der Waals surface area contributed by atoms with Gasteiger partial charge in [-0.15, -0.1) is 0 Å². The molecule has 4 saturated heterocycles. The highest BCUT2D eigenvalue weighted by Gasteiger charge is 2.49. The summed E-state index contributed by atoms with van der Waals surface area (Å²) in [4.78, 5) is 87.2. The van der Waals surface area contributed by atoms with Crippen LogP contribution in [0.2, 0.25) is 0 Å². The van der Waals surface area contributed by atoms with E-state index in [-0.39, 0.29) is 37.4 Å². The van der Waals surface area contributed by atoms with E-state index in [1.165, 1.54) is 19.9 Å². The zero-order valence-corrected chi connectivity index (χ0v) is 41.8. The van der Waals surface area contributed by atoms with Crippen molar-refractivity contribution in [2.45, 2.75) is 120 Å². The second-order valence-corrected chi connectivity index (χ2v) is 20.6. The van der Waals surface area contributed by atoms with Crippen LogP contribution in [0.3, 0.4) is 0 Å². The van der Waals surface area contributed by atoms with Gasteiger partial charge in [-0.3, -0.25) is 42.4 Å². The van der Waals surface area contributed by atoms with Crippen LogP contribution in [0.5, 0.6) is 11.5 Å². The first-order chi connectivity index (χ1) is 34.9. The topological polar surface area (TPSA) is 399 Å². The second kappa shape index (κ2) is 25.5. The van der Waals surface area contributed by atoms with Crippen molar-refractivity contribution in [3.05, 3.63) is 59.7 Å². The quantitative estimate of drug-likeness (QED) is 0.0891. The number of aromatic hydroxyl groups is 1. The monoisotopic (exact) mass is 1070 g/mol. The number of nitrogens with zero attached hydrogens (tertiary/aromatic N) is 2. The van der Waals surface area contributed by atoms with E-state index in [1.807, 2.05) is 30.3 Å². The van der Waals surface area contributed by atoms with Crippen LogP contribution in [0.25, 0.3) is 0 Å². The molecule has 4 fully saturated rings. The van der Waals surface area contributed by atoms with E-state index in [0.717, 1.165) is 27.5 Å². The van der Waals surface area contributed by atoms with Crippen LogP contribution in [0.15, 0.2) is 48.5 Å². The highest BCUT2D eigenvalue weighted by Crippen LogP contribution is 2.41. The van der Waals surface area contributed by atoms with Gasteiger partial charge in [0.15, 0.2) is 17.8 Å². The summed E-state index contributed by atoms with van der Waals surface area (Å²) in [5, 5.41) is 90.7. The predicted octanol–water partition coefficient (Wildman–Crippen LogP) is -2.96. The molecule has 0 radical (unpaired) electrons. The van der Waals surface area contributed by atoms with Gasteiger partial charge < -0.3 is 85.8 Å². The van der Waals surface area contributed by atoms with E-state index in [9.17, 15) is 78.2 Å². The molecule has 27 heteroatoms. The van der Waals surface area contributed by atoms with Crippen LogP contribution in [0.4, 0.5) is 0 Å². The minimum atomic E-state index is -4.68. The number of phenols is 1. The average Bonchev–Trinajstić information content (AvgIpc) is 3.89. The summed E-state index contributed by atoms with van der Waals surface area (Å²) in [5.41, 5.74) is 0.842. The number of rotatable bonds is 13. The van der Waals surface area contributed by atoms with Gasteiger partial charge in [0.1, 0.15) is 30.2 Å². The van der Waals surface area contributed by atoms with Crippen molar-refractivity contribution in [3.8, 4) is 11.5 Å². The van der Waals surface area contributed by atoms with Crippen molar-refractivity contribution in [1.29, 1.82) is 0 Å². The van der Waals surface area contributed by atoms with Crippen LogP contribution in [0.1, 0.15) is 57.5 Å². The highest BCUT2D eigenvalue weighted by molar-refractivity contribution is 8.15. The molecule has 4 aliphatic heterocycles. The lowest BCUT2D eigenvalue weighted by molar-refractivity contribution is -0.204. The molecule has 6 amide bonds. The number of β-amino-alcohol motifs (C(OH)–C–C–N with tert-alkyl or cyclic N) is 1. The summed E-state index contributed by atoms with van der Waals surface area (Å²) in [6, 6.07) is 3.46. The molecule has 6 rings (SSSR count).